The van der Waals surface area contributed by atoms with Crippen LogP contribution in [0.2, 0.25) is 0 Å². The third kappa shape index (κ3) is 2.69. The van der Waals surface area contributed by atoms with Crippen molar-refractivity contribution in [2.24, 2.45) is 7.05 Å². The minimum absolute atomic E-state index is 0.178. The van der Waals surface area contributed by atoms with Crippen molar-refractivity contribution in [3.8, 4) is 17.0 Å². The van der Waals surface area contributed by atoms with Crippen LogP contribution < -0.4 is 9.30 Å². The Hall–Kier alpha value is -2.35. The Labute approximate surface area is 132 Å². The summed E-state index contributed by atoms with van der Waals surface area (Å²) in [5.74, 6) is 0.920. The fourth-order valence-corrected chi connectivity index (χ4v) is 2.85. The van der Waals surface area contributed by atoms with Crippen molar-refractivity contribution in [3.05, 3.63) is 60.3 Å². The first kappa shape index (κ1) is 14.6. The fourth-order valence-electron chi connectivity index (χ4n) is 2.85. The molecule has 0 radical (unpaired) electrons. The molecule has 3 rings (SSSR count). The lowest BCUT2D eigenvalue weighted by Gasteiger charge is -2.13. The second kappa shape index (κ2) is 5.80. The van der Waals surface area contributed by atoms with Gasteiger partial charge >= 0.3 is 0 Å². The average molecular weight is 292 g/mol. The maximum atomic E-state index is 5.87. The summed E-state index contributed by atoms with van der Waals surface area (Å²) in [5, 5.41) is 2.52. The Kier molecular flexibility index (Phi) is 3.84. The van der Waals surface area contributed by atoms with E-state index in [4.69, 9.17) is 4.74 Å². The maximum absolute atomic E-state index is 5.87. The van der Waals surface area contributed by atoms with E-state index in [1.54, 1.807) is 0 Å². The lowest BCUT2D eigenvalue weighted by Crippen LogP contribution is -2.30. The van der Waals surface area contributed by atoms with Crippen molar-refractivity contribution >= 4 is 10.8 Å². The maximum Gasteiger partial charge on any atom is 0.220 e. The summed E-state index contributed by atoms with van der Waals surface area (Å²) < 4.78 is 8.06. The number of aromatic nitrogens is 1. The first-order chi connectivity index (χ1) is 10.6. The summed E-state index contributed by atoms with van der Waals surface area (Å²) in [6.45, 7) is 6.26. The SMILES string of the molecule is Cc1ccc(OC(C)C)cc1-c1c2ccccc2cc[n+]1C. The number of benzene rings is 2. The van der Waals surface area contributed by atoms with Crippen LogP contribution in [0.15, 0.2) is 54.7 Å². The van der Waals surface area contributed by atoms with E-state index in [0.717, 1.165) is 5.75 Å². The summed E-state index contributed by atoms with van der Waals surface area (Å²) in [4.78, 5) is 0. The van der Waals surface area contributed by atoms with Gasteiger partial charge in [0, 0.05) is 6.07 Å². The molecule has 0 saturated heterocycles. The van der Waals surface area contributed by atoms with Gasteiger partial charge in [0.2, 0.25) is 5.69 Å². The van der Waals surface area contributed by atoms with Crippen molar-refractivity contribution in [1.29, 1.82) is 0 Å². The van der Waals surface area contributed by atoms with Gasteiger partial charge in [0.05, 0.1) is 17.1 Å². The van der Waals surface area contributed by atoms with Gasteiger partial charge in [-0.25, -0.2) is 4.57 Å². The third-order valence-electron chi connectivity index (χ3n) is 3.88. The number of ether oxygens (including phenoxy) is 1. The van der Waals surface area contributed by atoms with Crippen LogP contribution in [-0.2, 0) is 7.05 Å². The molecule has 2 nitrogen and oxygen atoms in total. The largest absolute Gasteiger partial charge is 0.491 e. The van der Waals surface area contributed by atoms with Gasteiger partial charge in [-0.05, 0) is 49.9 Å². The lowest BCUT2D eigenvalue weighted by molar-refractivity contribution is -0.659. The molecule has 0 aliphatic heterocycles. The molecule has 0 aliphatic rings. The molecule has 1 heterocycles. The third-order valence-corrected chi connectivity index (χ3v) is 3.88. The number of nitrogens with zero attached hydrogens (tertiary/aromatic N) is 1. The molecule has 2 aromatic carbocycles. The summed E-state index contributed by atoms with van der Waals surface area (Å²) in [5.41, 5.74) is 3.70. The van der Waals surface area contributed by atoms with E-state index in [2.05, 4.69) is 81.0 Å². The lowest BCUT2D eigenvalue weighted by atomic mass is 9.99. The summed E-state index contributed by atoms with van der Waals surface area (Å²) in [6, 6.07) is 17.0. The molecule has 3 aromatic rings. The number of pyridine rings is 1. The van der Waals surface area contributed by atoms with Crippen molar-refractivity contribution < 1.29 is 9.30 Å². The van der Waals surface area contributed by atoms with Gasteiger partial charge in [0.1, 0.15) is 12.8 Å². The standard InChI is InChI=1S/C20H22NO/c1-14(2)22-17-10-9-15(3)19(13-17)20-18-8-6-5-7-16(18)11-12-21(20)4/h5-14H,1-4H3/q+1. The van der Waals surface area contributed by atoms with Crippen LogP contribution in [0.4, 0.5) is 0 Å². The Bertz CT molecular complexity index is 821. The van der Waals surface area contributed by atoms with E-state index in [-0.39, 0.29) is 6.10 Å². The molecule has 0 unspecified atom stereocenters. The molecular weight excluding hydrogens is 270 g/mol. The number of rotatable bonds is 3. The Morgan fingerprint density at radius 1 is 1.00 bits per heavy atom. The predicted octanol–water partition coefficient (Wildman–Crippen LogP) is 4.43. The molecule has 0 N–H and O–H groups in total. The van der Waals surface area contributed by atoms with Crippen LogP contribution in [0.25, 0.3) is 22.0 Å². The van der Waals surface area contributed by atoms with E-state index < -0.39 is 0 Å². The molecule has 0 amide bonds. The number of fused-ring (bicyclic) bond motifs is 1. The first-order valence-corrected chi connectivity index (χ1v) is 7.71. The van der Waals surface area contributed by atoms with Crippen molar-refractivity contribution in [2.45, 2.75) is 26.9 Å². The Morgan fingerprint density at radius 2 is 1.77 bits per heavy atom. The number of hydrogen-bond acceptors (Lipinski definition) is 1. The smallest absolute Gasteiger partial charge is 0.220 e. The molecule has 0 aliphatic carbocycles. The van der Waals surface area contributed by atoms with E-state index in [9.17, 15) is 0 Å². The second-order valence-corrected chi connectivity index (χ2v) is 6.01. The van der Waals surface area contributed by atoms with Gasteiger partial charge in [-0.3, -0.25) is 0 Å². The normalized spacial score (nSPS) is 11.1. The van der Waals surface area contributed by atoms with Gasteiger partial charge in [0.25, 0.3) is 0 Å². The van der Waals surface area contributed by atoms with E-state index in [1.807, 2.05) is 6.07 Å². The van der Waals surface area contributed by atoms with Crippen LogP contribution in [0.3, 0.4) is 0 Å². The predicted molar refractivity (Wildman–Crippen MR) is 91.1 cm³/mol. The zero-order valence-corrected chi connectivity index (χ0v) is 13.6. The summed E-state index contributed by atoms with van der Waals surface area (Å²) in [6.07, 6.45) is 2.30. The van der Waals surface area contributed by atoms with Gasteiger partial charge < -0.3 is 4.74 Å². The highest BCUT2D eigenvalue weighted by Crippen LogP contribution is 2.30. The monoisotopic (exact) mass is 292 g/mol. The molecule has 1 aromatic heterocycles. The average Bonchev–Trinajstić information content (AvgIpc) is 2.49. The number of hydrogen-bond donors (Lipinski definition) is 0. The number of aryl methyl sites for hydroxylation is 2. The second-order valence-electron chi connectivity index (χ2n) is 6.01. The quantitative estimate of drug-likeness (QED) is 0.651. The van der Waals surface area contributed by atoms with Crippen LogP contribution >= 0.6 is 0 Å². The van der Waals surface area contributed by atoms with Crippen molar-refractivity contribution in [3.63, 3.8) is 0 Å². The van der Waals surface area contributed by atoms with Crippen LogP contribution in [0.1, 0.15) is 19.4 Å². The first-order valence-electron chi connectivity index (χ1n) is 7.71. The highest BCUT2D eigenvalue weighted by molar-refractivity contribution is 5.93. The van der Waals surface area contributed by atoms with Gasteiger partial charge in [0.15, 0.2) is 6.20 Å². The highest BCUT2D eigenvalue weighted by Gasteiger charge is 2.17. The minimum atomic E-state index is 0.178. The topological polar surface area (TPSA) is 13.1 Å². The van der Waals surface area contributed by atoms with Gasteiger partial charge in [-0.1, -0.05) is 24.3 Å². The summed E-state index contributed by atoms with van der Waals surface area (Å²) >= 11 is 0. The van der Waals surface area contributed by atoms with Crippen molar-refractivity contribution in [1.82, 2.24) is 0 Å². The molecule has 0 fully saturated rings. The molecule has 0 saturated carbocycles. The summed E-state index contributed by atoms with van der Waals surface area (Å²) in [7, 11) is 2.09. The minimum Gasteiger partial charge on any atom is -0.491 e. The Balaban J connectivity index is 2.25. The van der Waals surface area contributed by atoms with Crippen molar-refractivity contribution in [2.75, 3.05) is 0 Å². The highest BCUT2D eigenvalue weighted by atomic mass is 16.5. The molecule has 2 heteroatoms. The fraction of sp³-hybridized carbons (Fsp3) is 0.250. The zero-order valence-electron chi connectivity index (χ0n) is 13.6. The Morgan fingerprint density at radius 3 is 2.55 bits per heavy atom. The van der Waals surface area contributed by atoms with Crippen LogP contribution in [0, 0.1) is 6.92 Å². The molecular formula is C20H22NO+. The molecule has 0 bridgehead atoms. The zero-order chi connectivity index (χ0) is 15.7. The van der Waals surface area contributed by atoms with Gasteiger partial charge in [-0.2, -0.15) is 0 Å². The van der Waals surface area contributed by atoms with E-state index in [1.165, 1.54) is 27.6 Å². The molecule has 0 atom stereocenters. The van der Waals surface area contributed by atoms with Crippen LogP contribution in [0.5, 0.6) is 5.75 Å². The molecule has 112 valence electrons. The molecule has 22 heavy (non-hydrogen) atoms. The molecule has 0 spiro atoms. The van der Waals surface area contributed by atoms with E-state index in [0.29, 0.717) is 0 Å². The van der Waals surface area contributed by atoms with E-state index >= 15 is 0 Å². The van der Waals surface area contributed by atoms with Gasteiger partial charge in [-0.15, -0.1) is 0 Å². The van der Waals surface area contributed by atoms with Crippen LogP contribution in [-0.4, -0.2) is 6.10 Å².